The number of halogens is 1. The van der Waals surface area contributed by atoms with Gasteiger partial charge >= 0.3 is 0 Å². The van der Waals surface area contributed by atoms with Crippen molar-refractivity contribution in [3.63, 3.8) is 0 Å². The normalized spacial score (nSPS) is 10.2. The maximum Gasteiger partial charge on any atom is 0.258 e. The summed E-state index contributed by atoms with van der Waals surface area (Å²) in [6, 6.07) is 12.8. The highest BCUT2D eigenvalue weighted by Crippen LogP contribution is 2.16. The summed E-state index contributed by atoms with van der Waals surface area (Å²) < 4.78 is 6.30. The Morgan fingerprint density at radius 2 is 1.76 bits per heavy atom. The number of carbonyl (C=O) groups excluding carboxylic acids is 2. The molecule has 25 heavy (non-hydrogen) atoms. The fraction of sp³-hybridized carbons (Fsp3) is 0.263. The fourth-order valence-electron chi connectivity index (χ4n) is 2.11. The molecule has 0 heterocycles. The highest BCUT2D eigenvalue weighted by Gasteiger charge is 2.06. The number of amides is 2. The number of carbonyl (C=O) groups is 2. The second kappa shape index (κ2) is 9.22. The van der Waals surface area contributed by atoms with Crippen LogP contribution in [-0.2, 0) is 4.79 Å². The molecule has 2 aromatic rings. The summed E-state index contributed by atoms with van der Waals surface area (Å²) in [5.41, 5.74) is 2.87. The number of hydrogen-bond donors (Lipinski definition) is 2. The van der Waals surface area contributed by atoms with Crippen LogP contribution in [0.15, 0.2) is 46.9 Å². The third-order valence-corrected chi connectivity index (χ3v) is 4.16. The molecule has 2 amide bonds. The van der Waals surface area contributed by atoms with Gasteiger partial charge in [0, 0.05) is 23.1 Å². The van der Waals surface area contributed by atoms with E-state index in [0.29, 0.717) is 24.4 Å². The first-order valence-corrected chi connectivity index (χ1v) is 8.75. The van der Waals surface area contributed by atoms with Gasteiger partial charge in [-0.15, -0.1) is 0 Å². The molecule has 0 saturated carbocycles. The van der Waals surface area contributed by atoms with Crippen molar-refractivity contribution in [1.29, 1.82) is 0 Å². The van der Waals surface area contributed by atoms with Gasteiger partial charge in [0.15, 0.2) is 6.61 Å². The van der Waals surface area contributed by atoms with Gasteiger partial charge in [0.25, 0.3) is 11.8 Å². The molecule has 0 aliphatic heterocycles. The molecule has 132 valence electrons. The van der Waals surface area contributed by atoms with E-state index in [1.54, 1.807) is 18.2 Å². The third kappa shape index (κ3) is 6.23. The number of rotatable bonds is 7. The molecule has 6 heteroatoms. The van der Waals surface area contributed by atoms with Crippen LogP contribution in [0.5, 0.6) is 5.75 Å². The molecule has 5 nitrogen and oxygen atoms in total. The second-order valence-electron chi connectivity index (χ2n) is 5.65. The lowest BCUT2D eigenvalue weighted by Gasteiger charge is -2.10. The largest absolute Gasteiger partial charge is 0.484 e. The topological polar surface area (TPSA) is 67.4 Å². The Morgan fingerprint density at radius 3 is 2.48 bits per heavy atom. The molecule has 0 aliphatic rings. The molecular weight excluding hydrogens is 384 g/mol. The Labute approximate surface area is 155 Å². The molecule has 2 rings (SSSR count). The number of ether oxygens (including phenoxy) is 1. The average Bonchev–Trinajstić information content (AvgIpc) is 2.59. The first-order valence-electron chi connectivity index (χ1n) is 7.96. The molecule has 0 radical (unpaired) electrons. The van der Waals surface area contributed by atoms with E-state index in [1.807, 2.05) is 38.1 Å². The zero-order valence-electron chi connectivity index (χ0n) is 14.3. The SMILES string of the molecule is Cc1ccc(OCC(=O)NCCNC(=O)c2cccc(Br)c2)cc1C. The van der Waals surface area contributed by atoms with Crippen LogP contribution >= 0.6 is 15.9 Å². The quantitative estimate of drug-likeness (QED) is 0.696. The van der Waals surface area contributed by atoms with Gasteiger partial charge in [0.05, 0.1) is 0 Å². The smallest absolute Gasteiger partial charge is 0.258 e. The van der Waals surface area contributed by atoms with Gasteiger partial charge in [-0.25, -0.2) is 0 Å². The van der Waals surface area contributed by atoms with E-state index in [-0.39, 0.29) is 18.4 Å². The first-order chi connectivity index (χ1) is 12.0. The van der Waals surface area contributed by atoms with Crippen molar-refractivity contribution in [2.75, 3.05) is 19.7 Å². The molecule has 0 aliphatic carbocycles. The van der Waals surface area contributed by atoms with Gasteiger partial charge < -0.3 is 15.4 Å². The first kappa shape index (κ1) is 19.0. The van der Waals surface area contributed by atoms with Crippen LogP contribution in [0, 0.1) is 13.8 Å². The minimum Gasteiger partial charge on any atom is -0.484 e. The molecule has 0 saturated heterocycles. The molecule has 0 bridgehead atoms. The van der Waals surface area contributed by atoms with Crippen LogP contribution in [0.1, 0.15) is 21.5 Å². The lowest BCUT2D eigenvalue weighted by atomic mass is 10.1. The zero-order valence-corrected chi connectivity index (χ0v) is 15.9. The predicted molar refractivity (Wildman–Crippen MR) is 101 cm³/mol. The maximum absolute atomic E-state index is 11.9. The van der Waals surface area contributed by atoms with E-state index in [9.17, 15) is 9.59 Å². The van der Waals surface area contributed by atoms with Gasteiger partial charge in [-0.05, 0) is 55.3 Å². The molecule has 2 N–H and O–H groups in total. The lowest BCUT2D eigenvalue weighted by molar-refractivity contribution is -0.123. The third-order valence-electron chi connectivity index (χ3n) is 3.67. The average molecular weight is 405 g/mol. The summed E-state index contributed by atoms with van der Waals surface area (Å²) in [7, 11) is 0. The van der Waals surface area contributed by atoms with Crippen LogP contribution in [0.4, 0.5) is 0 Å². The van der Waals surface area contributed by atoms with Crippen molar-refractivity contribution in [2.45, 2.75) is 13.8 Å². The van der Waals surface area contributed by atoms with Crippen LogP contribution in [0.3, 0.4) is 0 Å². The van der Waals surface area contributed by atoms with Crippen LogP contribution in [-0.4, -0.2) is 31.5 Å². The van der Waals surface area contributed by atoms with Crippen molar-refractivity contribution >= 4 is 27.7 Å². The van der Waals surface area contributed by atoms with Gasteiger partial charge in [-0.3, -0.25) is 9.59 Å². The Bertz CT molecular complexity index is 762. The Balaban J connectivity index is 1.66. The van der Waals surface area contributed by atoms with Crippen LogP contribution < -0.4 is 15.4 Å². The minimum atomic E-state index is -0.227. The van der Waals surface area contributed by atoms with Crippen LogP contribution in [0.25, 0.3) is 0 Å². The van der Waals surface area contributed by atoms with Crippen molar-refractivity contribution < 1.29 is 14.3 Å². The molecule has 0 unspecified atom stereocenters. The van der Waals surface area contributed by atoms with Gasteiger partial charge in [-0.2, -0.15) is 0 Å². The van der Waals surface area contributed by atoms with E-state index >= 15 is 0 Å². The highest BCUT2D eigenvalue weighted by molar-refractivity contribution is 9.10. The van der Waals surface area contributed by atoms with E-state index in [1.165, 1.54) is 5.56 Å². The number of nitrogens with one attached hydrogen (secondary N) is 2. The number of aryl methyl sites for hydroxylation is 2. The van der Waals surface area contributed by atoms with Crippen LogP contribution in [0.2, 0.25) is 0 Å². The van der Waals surface area contributed by atoms with Crippen molar-refractivity contribution in [3.05, 3.63) is 63.6 Å². The number of benzene rings is 2. The second-order valence-corrected chi connectivity index (χ2v) is 6.57. The standard InChI is InChI=1S/C19H21BrN2O3/c1-13-6-7-17(10-14(13)2)25-12-18(23)21-8-9-22-19(24)15-4-3-5-16(20)11-15/h3-7,10-11H,8-9,12H2,1-2H3,(H,21,23)(H,22,24). The molecule has 0 aromatic heterocycles. The monoisotopic (exact) mass is 404 g/mol. The Hall–Kier alpha value is -2.34. The number of hydrogen-bond acceptors (Lipinski definition) is 3. The van der Waals surface area contributed by atoms with Crippen molar-refractivity contribution in [1.82, 2.24) is 10.6 Å². The van der Waals surface area contributed by atoms with E-state index < -0.39 is 0 Å². The van der Waals surface area contributed by atoms with E-state index in [4.69, 9.17) is 4.74 Å². The summed E-state index contributed by atoms with van der Waals surface area (Å²) >= 11 is 3.33. The molecule has 2 aromatic carbocycles. The summed E-state index contributed by atoms with van der Waals surface area (Å²) in [5, 5.41) is 5.46. The summed E-state index contributed by atoms with van der Waals surface area (Å²) in [5.74, 6) is 0.262. The maximum atomic E-state index is 11.9. The minimum absolute atomic E-state index is 0.0535. The van der Waals surface area contributed by atoms with Crippen molar-refractivity contribution in [2.24, 2.45) is 0 Å². The molecule has 0 spiro atoms. The van der Waals surface area contributed by atoms with Crippen molar-refractivity contribution in [3.8, 4) is 5.75 Å². The summed E-state index contributed by atoms with van der Waals surface area (Å²) in [6.07, 6.45) is 0. The van der Waals surface area contributed by atoms with E-state index in [0.717, 1.165) is 10.0 Å². The summed E-state index contributed by atoms with van der Waals surface area (Å²) in [6.45, 7) is 4.65. The zero-order chi connectivity index (χ0) is 18.2. The predicted octanol–water partition coefficient (Wildman–Crippen LogP) is 2.99. The summed E-state index contributed by atoms with van der Waals surface area (Å²) in [4.78, 5) is 23.7. The Kier molecular flexibility index (Phi) is 7.01. The Morgan fingerprint density at radius 1 is 1.00 bits per heavy atom. The molecule has 0 atom stereocenters. The highest BCUT2D eigenvalue weighted by atomic mass is 79.9. The van der Waals surface area contributed by atoms with Gasteiger partial charge in [-0.1, -0.05) is 28.1 Å². The fourth-order valence-corrected chi connectivity index (χ4v) is 2.51. The molecule has 0 fully saturated rings. The van der Waals surface area contributed by atoms with E-state index in [2.05, 4.69) is 26.6 Å². The van der Waals surface area contributed by atoms with Gasteiger partial charge in [0.1, 0.15) is 5.75 Å². The van der Waals surface area contributed by atoms with Gasteiger partial charge in [0.2, 0.25) is 0 Å². The molecular formula is C19H21BrN2O3. The lowest BCUT2D eigenvalue weighted by Crippen LogP contribution is -2.36.